The van der Waals surface area contributed by atoms with Crippen LogP contribution in [0.4, 0.5) is 0 Å². The molecule has 352 valence electrons. The highest BCUT2D eigenvalue weighted by Crippen LogP contribution is 2.44. The Labute approximate surface area is 445 Å². The molecule has 2 aromatic heterocycles. The summed E-state index contributed by atoms with van der Waals surface area (Å²) in [5.41, 5.74) is 13.4. The Morgan fingerprint density at radius 2 is 0.720 bits per heavy atom. The lowest BCUT2D eigenvalue weighted by molar-refractivity contribution is 1.17. The summed E-state index contributed by atoms with van der Waals surface area (Å²) < 4.78 is 49.0. The molecular formula is C72H50N2Si. The van der Waals surface area contributed by atoms with Crippen LogP contribution in [0, 0.1) is 0 Å². The van der Waals surface area contributed by atoms with Crippen molar-refractivity contribution in [1.29, 1.82) is 0 Å². The molecule has 0 spiro atoms. The summed E-state index contributed by atoms with van der Waals surface area (Å²) in [5.74, 6) is 0. The van der Waals surface area contributed by atoms with Gasteiger partial charge in [0, 0.05) is 32.9 Å². The number of nitrogens with zero attached hydrogens (tertiary/aromatic N) is 2. The van der Waals surface area contributed by atoms with Gasteiger partial charge in [-0.2, -0.15) is 0 Å². The molecule has 0 bridgehead atoms. The van der Waals surface area contributed by atoms with Crippen LogP contribution in [0.1, 0.15) is 6.85 Å². The molecule has 0 saturated carbocycles. The molecular weight excluding hydrogens is 921 g/mol. The fourth-order valence-electron chi connectivity index (χ4n) is 11.9. The molecule has 2 nitrogen and oxygen atoms in total. The summed E-state index contributed by atoms with van der Waals surface area (Å²) in [5, 5.41) is 9.18. The second kappa shape index (κ2) is 18.5. The minimum absolute atomic E-state index is 0.106. The van der Waals surface area contributed by atoms with Gasteiger partial charge in [-0.1, -0.05) is 249 Å². The van der Waals surface area contributed by atoms with Crippen molar-refractivity contribution < 1.29 is 6.85 Å². The first-order valence-electron chi connectivity index (χ1n) is 28.0. The van der Waals surface area contributed by atoms with Gasteiger partial charge in [-0.3, -0.25) is 0 Å². The molecule has 3 heteroatoms. The van der Waals surface area contributed by atoms with Gasteiger partial charge in [0.1, 0.15) is 0 Å². The van der Waals surface area contributed by atoms with E-state index in [1.807, 2.05) is 16.7 Å². The van der Waals surface area contributed by atoms with E-state index in [2.05, 4.69) is 265 Å². The fraction of sp³-hybridized carbons (Fsp3) is 0. The molecule has 0 aliphatic carbocycles. The highest BCUT2D eigenvalue weighted by molar-refractivity contribution is 7.20. The van der Waals surface area contributed by atoms with Crippen LogP contribution in [0.25, 0.3) is 99.5 Å². The predicted molar refractivity (Wildman–Crippen MR) is 320 cm³/mol. The monoisotopic (exact) mass is 975 g/mol. The van der Waals surface area contributed by atoms with Crippen molar-refractivity contribution in [1.82, 2.24) is 9.13 Å². The van der Waals surface area contributed by atoms with Gasteiger partial charge in [0.25, 0.3) is 0 Å². The molecule has 0 saturated heterocycles. The molecule has 75 heavy (non-hydrogen) atoms. The number of hydrogen-bond donors (Lipinski definition) is 0. The Hall–Kier alpha value is -9.54. The van der Waals surface area contributed by atoms with Crippen molar-refractivity contribution in [3.05, 3.63) is 303 Å². The van der Waals surface area contributed by atoms with Crippen LogP contribution in [0.2, 0.25) is 0 Å². The SMILES string of the molecule is [2H]c1c([2H])c([2H])c(-n2c3ccc(-c4c(-c5ccccc5)cccc4-c4ccccc4)cc3c3cc(-n4c5ccccc5c5cc([Si](c6ccccc6)(c6ccccc6)c6cccc(-c7ccccc7)c6)ccc54)ccc32)c([2H])c1[2H]. The Morgan fingerprint density at radius 1 is 0.267 bits per heavy atom. The number of benzene rings is 12. The van der Waals surface area contributed by atoms with Crippen LogP contribution < -0.4 is 20.7 Å². The number of para-hydroxylation sites is 2. The molecule has 0 N–H and O–H groups in total. The molecule has 0 radical (unpaired) electrons. The Morgan fingerprint density at radius 3 is 1.36 bits per heavy atom. The lowest BCUT2D eigenvalue weighted by atomic mass is 9.87. The maximum Gasteiger partial charge on any atom is 0.179 e. The average molecular weight is 976 g/mol. The van der Waals surface area contributed by atoms with Crippen molar-refractivity contribution in [2.24, 2.45) is 0 Å². The van der Waals surface area contributed by atoms with Crippen molar-refractivity contribution in [2.45, 2.75) is 0 Å². The third-order valence-corrected chi connectivity index (χ3v) is 19.9. The number of aromatic nitrogens is 2. The smallest absolute Gasteiger partial charge is 0.179 e. The highest BCUT2D eigenvalue weighted by Gasteiger charge is 2.42. The summed E-state index contributed by atoms with van der Waals surface area (Å²) in [6.45, 7) is 0. The van der Waals surface area contributed by atoms with E-state index in [9.17, 15) is 2.74 Å². The van der Waals surface area contributed by atoms with E-state index in [0.717, 1.165) is 82.7 Å². The predicted octanol–water partition coefficient (Wildman–Crippen LogP) is 15.9. The van der Waals surface area contributed by atoms with Crippen molar-refractivity contribution in [3.8, 4) is 55.9 Å². The van der Waals surface area contributed by atoms with E-state index in [4.69, 9.17) is 4.11 Å². The van der Waals surface area contributed by atoms with Gasteiger partial charge in [0.15, 0.2) is 8.07 Å². The molecule has 0 atom stereocenters. The van der Waals surface area contributed by atoms with Crippen LogP contribution in [-0.4, -0.2) is 17.2 Å². The van der Waals surface area contributed by atoms with Gasteiger partial charge in [0.2, 0.25) is 0 Å². The van der Waals surface area contributed by atoms with Gasteiger partial charge in [0.05, 0.1) is 28.9 Å². The summed E-state index contributed by atoms with van der Waals surface area (Å²) in [7, 11) is -3.02. The second-order valence-electron chi connectivity index (χ2n) is 19.2. The highest BCUT2D eigenvalue weighted by atomic mass is 28.3. The minimum Gasteiger partial charge on any atom is -0.309 e. The second-order valence-corrected chi connectivity index (χ2v) is 23.0. The zero-order chi connectivity index (χ0) is 54.1. The molecule has 0 fully saturated rings. The molecule has 2 heterocycles. The summed E-state index contributed by atoms with van der Waals surface area (Å²) in [4.78, 5) is 0. The van der Waals surface area contributed by atoms with E-state index >= 15 is 0 Å². The molecule has 14 rings (SSSR count). The van der Waals surface area contributed by atoms with Gasteiger partial charge >= 0.3 is 0 Å². The molecule has 0 aliphatic rings. The number of fused-ring (bicyclic) bond motifs is 6. The summed E-state index contributed by atoms with van der Waals surface area (Å²) in [6.07, 6.45) is 0. The van der Waals surface area contributed by atoms with Crippen LogP contribution in [0.15, 0.2) is 303 Å². The lowest BCUT2D eigenvalue weighted by Crippen LogP contribution is -2.74. The summed E-state index contributed by atoms with van der Waals surface area (Å²) in [6, 6.07) is 96.2. The standard InChI is InChI=1S/C72H50N2Si/c1-7-23-51(24-8-1)54-29-21-36-60(47-54)75(58-32-15-5-16-33-58,59-34-17-6-18-35-59)61-43-46-71-67(50-61)64-37-19-20-40-68(64)74(71)57-42-45-70-66(49-57)65-48-55(41-44-69(65)73(70)56-30-13-4-14-31-56)72-62(52-25-9-2-10-26-52)38-22-39-63(72)53-27-11-3-12-28-53/h1-50H/i4D,13D,14D,30D,31D. The maximum absolute atomic E-state index is 9.30. The Balaban J connectivity index is 1.03. The summed E-state index contributed by atoms with van der Waals surface area (Å²) >= 11 is 0. The largest absolute Gasteiger partial charge is 0.309 e. The molecule has 0 unspecified atom stereocenters. The van der Waals surface area contributed by atoms with E-state index in [-0.39, 0.29) is 29.9 Å². The van der Waals surface area contributed by atoms with Crippen molar-refractivity contribution in [2.75, 3.05) is 0 Å². The zero-order valence-corrected chi connectivity index (χ0v) is 41.9. The lowest BCUT2D eigenvalue weighted by Gasteiger charge is -2.35. The van der Waals surface area contributed by atoms with E-state index in [1.165, 1.54) is 31.9 Å². The first-order valence-corrected chi connectivity index (χ1v) is 27.5. The van der Waals surface area contributed by atoms with E-state index in [1.54, 1.807) is 0 Å². The van der Waals surface area contributed by atoms with Crippen molar-refractivity contribution in [3.63, 3.8) is 0 Å². The third-order valence-electron chi connectivity index (χ3n) is 15.2. The zero-order valence-electron chi connectivity index (χ0n) is 45.9. The maximum atomic E-state index is 9.30. The van der Waals surface area contributed by atoms with E-state index < -0.39 is 14.1 Å². The minimum atomic E-state index is -3.02. The molecule has 0 aliphatic heterocycles. The van der Waals surface area contributed by atoms with Crippen molar-refractivity contribution >= 4 is 72.4 Å². The van der Waals surface area contributed by atoms with Gasteiger partial charge in [-0.25, -0.2) is 0 Å². The topological polar surface area (TPSA) is 9.86 Å². The van der Waals surface area contributed by atoms with Crippen LogP contribution in [-0.2, 0) is 0 Å². The Kier molecular flexibility index (Phi) is 9.63. The third kappa shape index (κ3) is 7.39. The molecule has 12 aromatic carbocycles. The first kappa shape index (κ1) is 39.0. The number of hydrogen-bond acceptors (Lipinski definition) is 0. The van der Waals surface area contributed by atoms with Gasteiger partial charge < -0.3 is 9.13 Å². The average Bonchev–Trinajstić information content (AvgIpc) is 4.20. The Bertz CT molecular complexity index is 4570. The fourth-order valence-corrected chi connectivity index (χ4v) is 16.7. The normalized spacial score (nSPS) is 12.7. The van der Waals surface area contributed by atoms with Gasteiger partial charge in [-0.05, 0) is 120 Å². The van der Waals surface area contributed by atoms with Crippen LogP contribution >= 0.6 is 0 Å². The number of rotatable bonds is 10. The molecule has 0 amide bonds. The van der Waals surface area contributed by atoms with Crippen LogP contribution in [0.3, 0.4) is 0 Å². The van der Waals surface area contributed by atoms with Crippen LogP contribution in [0.5, 0.6) is 0 Å². The van der Waals surface area contributed by atoms with E-state index in [0.29, 0.717) is 0 Å². The molecule has 14 aromatic rings. The first-order chi connectivity index (χ1) is 39.3. The quantitative estimate of drug-likeness (QED) is 0.0955. The van der Waals surface area contributed by atoms with Gasteiger partial charge in [-0.15, -0.1) is 0 Å².